The van der Waals surface area contributed by atoms with Crippen LogP contribution < -0.4 is 4.74 Å². The molecule has 0 amide bonds. The first-order chi connectivity index (χ1) is 14.0. The smallest absolute Gasteiger partial charge is 0.337 e. The molecule has 5 rings (SSSR count). The highest BCUT2D eigenvalue weighted by molar-refractivity contribution is 6.29. The zero-order chi connectivity index (χ0) is 20.3. The zero-order valence-corrected chi connectivity index (χ0v) is 16.8. The predicted octanol–water partition coefficient (Wildman–Crippen LogP) is 4.43. The average Bonchev–Trinajstić information content (AvgIpc) is 3.37. The van der Waals surface area contributed by atoms with Crippen molar-refractivity contribution in [2.75, 3.05) is 7.11 Å². The highest BCUT2D eigenvalue weighted by atomic mass is 35.5. The van der Waals surface area contributed by atoms with Crippen LogP contribution in [0.1, 0.15) is 28.8 Å². The van der Waals surface area contributed by atoms with Gasteiger partial charge in [-0.3, -0.25) is 0 Å². The van der Waals surface area contributed by atoms with Gasteiger partial charge in [-0.25, -0.2) is 14.3 Å². The molecular formula is C21H19ClN4O3. The third-order valence-corrected chi connectivity index (χ3v) is 5.70. The van der Waals surface area contributed by atoms with E-state index in [1.807, 2.05) is 13.0 Å². The van der Waals surface area contributed by atoms with Gasteiger partial charge in [0.1, 0.15) is 27.8 Å². The van der Waals surface area contributed by atoms with Crippen molar-refractivity contribution in [2.45, 2.75) is 26.3 Å². The van der Waals surface area contributed by atoms with Crippen LogP contribution in [0.3, 0.4) is 0 Å². The fourth-order valence-corrected chi connectivity index (χ4v) is 3.99. The van der Waals surface area contributed by atoms with E-state index < -0.39 is 5.97 Å². The van der Waals surface area contributed by atoms with Crippen molar-refractivity contribution < 1.29 is 14.6 Å². The van der Waals surface area contributed by atoms with Crippen LogP contribution >= 0.6 is 11.6 Å². The molecule has 0 radical (unpaired) electrons. The third-order valence-electron chi connectivity index (χ3n) is 5.49. The normalized spacial score (nSPS) is 14.0. The number of aryl methyl sites for hydroxylation is 1. The van der Waals surface area contributed by atoms with Crippen molar-refractivity contribution in [3.63, 3.8) is 0 Å². The molecule has 148 valence electrons. The van der Waals surface area contributed by atoms with Gasteiger partial charge in [0.2, 0.25) is 0 Å². The molecule has 0 atom stereocenters. The van der Waals surface area contributed by atoms with Gasteiger partial charge in [-0.2, -0.15) is 5.10 Å². The second-order valence-electron chi connectivity index (χ2n) is 7.50. The molecule has 4 aromatic heterocycles. The Hall–Kier alpha value is -3.06. The topological polar surface area (TPSA) is 81.7 Å². The van der Waals surface area contributed by atoms with Crippen LogP contribution in [0.25, 0.3) is 27.9 Å². The number of halogens is 1. The minimum absolute atomic E-state index is 0.121. The van der Waals surface area contributed by atoms with Gasteiger partial charge in [-0.15, -0.1) is 0 Å². The largest absolute Gasteiger partial charge is 0.494 e. The van der Waals surface area contributed by atoms with Gasteiger partial charge in [0.25, 0.3) is 0 Å². The fourth-order valence-electron chi connectivity index (χ4n) is 3.85. The lowest BCUT2D eigenvalue weighted by Crippen LogP contribution is -2.04. The Morgan fingerprint density at radius 3 is 2.83 bits per heavy atom. The van der Waals surface area contributed by atoms with Gasteiger partial charge in [0, 0.05) is 23.7 Å². The maximum Gasteiger partial charge on any atom is 0.337 e. The van der Waals surface area contributed by atoms with E-state index in [1.54, 1.807) is 10.6 Å². The van der Waals surface area contributed by atoms with Crippen molar-refractivity contribution in [2.24, 2.45) is 5.92 Å². The maximum absolute atomic E-state index is 11.5. The van der Waals surface area contributed by atoms with Crippen molar-refractivity contribution >= 4 is 34.1 Å². The van der Waals surface area contributed by atoms with Crippen LogP contribution in [0.5, 0.6) is 5.75 Å². The molecule has 8 heteroatoms. The lowest BCUT2D eigenvalue weighted by Gasteiger charge is -2.08. The Balaban J connectivity index is 1.78. The molecule has 1 N–H and O–H groups in total. The summed E-state index contributed by atoms with van der Waals surface area (Å²) in [6.07, 6.45) is 3.93. The molecule has 29 heavy (non-hydrogen) atoms. The number of carboxylic acid groups (broad SMARTS) is 1. The Kier molecular flexibility index (Phi) is 4.03. The Morgan fingerprint density at radius 1 is 1.34 bits per heavy atom. The summed E-state index contributed by atoms with van der Waals surface area (Å²) in [4.78, 5) is 16.0. The summed E-state index contributed by atoms with van der Waals surface area (Å²) < 4.78 is 9.24. The van der Waals surface area contributed by atoms with Crippen LogP contribution in [0.15, 0.2) is 30.5 Å². The van der Waals surface area contributed by atoms with Crippen molar-refractivity contribution in [3.05, 3.63) is 46.7 Å². The molecule has 0 aromatic carbocycles. The first-order valence-corrected chi connectivity index (χ1v) is 9.80. The number of rotatable bonds is 5. The highest BCUT2D eigenvalue weighted by Crippen LogP contribution is 2.38. The summed E-state index contributed by atoms with van der Waals surface area (Å²) in [6.45, 7) is 2.83. The predicted molar refractivity (Wildman–Crippen MR) is 110 cm³/mol. The van der Waals surface area contributed by atoms with Crippen LogP contribution in [0.2, 0.25) is 5.15 Å². The molecule has 0 unspecified atom stereocenters. The van der Waals surface area contributed by atoms with E-state index in [-0.39, 0.29) is 5.56 Å². The number of ether oxygens (including phenoxy) is 1. The lowest BCUT2D eigenvalue weighted by atomic mass is 10.1. The van der Waals surface area contributed by atoms with Gasteiger partial charge in [0.15, 0.2) is 0 Å². The number of aromatic carboxylic acids is 1. The third kappa shape index (κ3) is 2.93. The number of aromatic nitrogens is 4. The SMILES string of the molecule is COc1cc(C(=O)O)cn2nc(-c3cc4ccc(Cl)nc4n3CC3CC3)c(C)c12. The summed E-state index contributed by atoms with van der Waals surface area (Å²) in [5.74, 6) is 0.0874. The molecule has 1 aliphatic carbocycles. The molecule has 1 aliphatic rings. The molecular weight excluding hydrogens is 392 g/mol. The Labute approximate surface area is 171 Å². The standard InChI is InChI=1S/C21H19ClN4O3/c1-11-18(24-26-10-14(21(27)28)8-16(29-2)19(11)26)15-7-13-5-6-17(22)23-20(13)25(15)9-12-3-4-12/h5-8,10,12H,3-4,9H2,1-2H3,(H,27,28). The highest BCUT2D eigenvalue weighted by Gasteiger charge is 2.27. The van der Waals surface area contributed by atoms with Crippen molar-refractivity contribution in [3.8, 4) is 17.1 Å². The second-order valence-corrected chi connectivity index (χ2v) is 7.89. The van der Waals surface area contributed by atoms with Crippen molar-refractivity contribution in [1.29, 1.82) is 0 Å². The molecule has 7 nitrogen and oxygen atoms in total. The number of fused-ring (bicyclic) bond motifs is 2. The first kappa shape index (κ1) is 18.0. The van der Waals surface area contributed by atoms with Gasteiger partial charge >= 0.3 is 5.97 Å². The molecule has 1 fully saturated rings. The summed E-state index contributed by atoms with van der Waals surface area (Å²) >= 11 is 6.16. The fraction of sp³-hybridized carbons (Fsp3) is 0.286. The van der Waals surface area contributed by atoms with E-state index in [1.165, 1.54) is 32.2 Å². The number of methoxy groups -OCH3 is 1. The number of carbonyl (C=O) groups is 1. The molecule has 1 saturated carbocycles. The van der Waals surface area contributed by atoms with Crippen molar-refractivity contribution in [1.82, 2.24) is 19.2 Å². The number of nitrogens with zero attached hydrogens (tertiary/aromatic N) is 4. The molecule has 4 aromatic rings. The second kappa shape index (κ2) is 6.49. The van der Waals surface area contributed by atoms with E-state index in [0.717, 1.165) is 40.0 Å². The number of carboxylic acids is 1. The van der Waals surface area contributed by atoms with E-state index in [0.29, 0.717) is 16.8 Å². The van der Waals surface area contributed by atoms with Gasteiger partial charge in [0.05, 0.1) is 18.4 Å². The van der Waals surface area contributed by atoms with Gasteiger partial charge < -0.3 is 14.4 Å². The maximum atomic E-state index is 11.5. The number of hydrogen-bond acceptors (Lipinski definition) is 4. The van der Waals surface area contributed by atoms with Gasteiger partial charge in [-0.05, 0) is 49.9 Å². The van der Waals surface area contributed by atoms with Crippen LogP contribution in [0, 0.1) is 12.8 Å². The monoisotopic (exact) mass is 410 g/mol. The first-order valence-electron chi connectivity index (χ1n) is 9.42. The summed E-state index contributed by atoms with van der Waals surface area (Å²) in [5.41, 5.74) is 4.36. The van der Waals surface area contributed by atoms with Crippen LogP contribution in [-0.2, 0) is 6.54 Å². The van der Waals surface area contributed by atoms with E-state index in [4.69, 9.17) is 21.4 Å². The van der Waals surface area contributed by atoms with Crippen LogP contribution in [0.4, 0.5) is 0 Å². The molecule has 0 saturated heterocycles. The zero-order valence-electron chi connectivity index (χ0n) is 16.0. The molecule has 0 spiro atoms. The average molecular weight is 411 g/mol. The number of hydrogen-bond donors (Lipinski definition) is 1. The minimum Gasteiger partial charge on any atom is -0.494 e. The van der Waals surface area contributed by atoms with E-state index >= 15 is 0 Å². The number of pyridine rings is 2. The molecule has 0 bridgehead atoms. The summed E-state index contributed by atoms with van der Waals surface area (Å²) in [5, 5.41) is 15.6. The molecule has 4 heterocycles. The lowest BCUT2D eigenvalue weighted by molar-refractivity contribution is 0.0695. The minimum atomic E-state index is -1.03. The summed E-state index contributed by atoms with van der Waals surface area (Å²) in [7, 11) is 1.53. The summed E-state index contributed by atoms with van der Waals surface area (Å²) in [6, 6.07) is 7.34. The van der Waals surface area contributed by atoms with Gasteiger partial charge in [-0.1, -0.05) is 11.6 Å². The van der Waals surface area contributed by atoms with Crippen LogP contribution in [-0.4, -0.2) is 37.4 Å². The quantitative estimate of drug-likeness (QED) is 0.492. The van der Waals surface area contributed by atoms with E-state index in [9.17, 15) is 9.90 Å². The Morgan fingerprint density at radius 2 is 2.14 bits per heavy atom. The Bertz CT molecular complexity index is 1290. The molecule has 0 aliphatic heterocycles. The van der Waals surface area contributed by atoms with E-state index in [2.05, 4.69) is 15.6 Å².